The number of sulfone groups is 1. The van der Waals surface area contributed by atoms with Gasteiger partial charge in [0.2, 0.25) is 0 Å². The quantitative estimate of drug-likeness (QED) is 0.505. The Morgan fingerprint density at radius 2 is 1.59 bits per heavy atom. The van der Waals surface area contributed by atoms with Gasteiger partial charge in [-0.1, -0.05) is 45.0 Å². The van der Waals surface area contributed by atoms with Crippen molar-refractivity contribution in [3.63, 3.8) is 0 Å². The summed E-state index contributed by atoms with van der Waals surface area (Å²) in [5.41, 5.74) is 0.795. The van der Waals surface area contributed by atoms with E-state index < -0.39 is 21.4 Å². The minimum Gasteiger partial charge on any atom is -0.494 e. The zero-order valence-corrected chi connectivity index (χ0v) is 20.0. The molecule has 0 saturated carbocycles. The summed E-state index contributed by atoms with van der Waals surface area (Å²) < 4.78 is 28.6. The molecule has 1 aliphatic heterocycles. The number of rotatable bonds is 7. The van der Waals surface area contributed by atoms with Gasteiger partial charge in [-0.25, -0.2) is 13.2 Å². The molecule has 0 spiro atoms. The molecule has 0 aliphatic carbocycles. The van der Waals surface area contributed by atoms with E-state index in [1.165, 1.54) is 17.0 Å². The van der Waals surface area contributed by atoms with Crippen LogP contribution < -0.4 is 10.1 Å². The second-order valence-corrected chi connectivity index (χ2v) is 11.3. The number of hydrogen-bond acceptors (Lipinski definition) is 5. The Bertz CT molecular complexity index is 1100. The van der Waals surface area contributed by atoms with E-state index in [1.807, 2.05) is 24.3 Å². The van der Waals surface area contributed by atoms with E-state index >= 15 is 0 Å². The van der Waals surface area contributed by atoms with Crippen LogP contribution in [-0.4, -0.2) is 44.7 Å². The second kappa shape index (κ2) is 8.58. The molecule has 7 nitrogen and oxygen atoms in total. The summed E-state index contributed by atoms with van der Waals surface area (Å²) in [4.78, 5) is 27.0. The van der Waals surface area contributed by atoms with E-state index in [1.54, 1.807) is 19.1 Å². The summed E-state index contributed by atoms with van der Waals surface area (Å²) in [6.07, 6.45) is 1.60. The smallest absolute Gasteiger partial charge is 0.325 e. The van der Waals surface area contributed by atoms with Crippen LogP contribution in [-0.2, 0) is 25.6 Å². The Labute approximate surface area is 189 Å². The summed E-state index contributed by atoms with van der Waals surface area (Å²) in [5.74, 6) is 0.238. The van der Waals surface area contributed by atoms with E-state index in [2.05, 4.69) is 26.1 Å². The number of nitrogens with one attached hydrogen (secondary N) is 1. The highest BCUT2D eigenvalue weighted by atomic mass is 32.2. The fraction of sp³-hybridized carbons (Fsp3) is 0.417. The largest absolute Gasteiger partial charge is 0.494 e. The average molecular weight is 459 g/mol. The Morgan fingerprint density at radius 1 is 1.00 bits per heavy atom. The van der Waals surface area contributed by atoms with Gasteiger partial charge < -0.3 is 10.1 Å². The van der Waals surface area contributed by atoms with Crippen molar-refractivity contribution in [2.45, 2.75) is 50.0 Å². The van der Waals surface area contributed by atoms with E-state index in [9.17, 15) is 18.0 Å². The number of imide groups is 1. The fourth-order valence-corrected chi connectivity index (χ4v) is 4.23. The standard InChI is InChI=1S/C24H30N2O5S/c1-23(2,3)17-7-9-18(10-8-17)24(4)21(27)26(22(28)25-24)15-6-16-31-19-11-13-20(14-12-19)32(5,29)30/h7-14H,6,15-16H2,1-5H3,(H,25,28). The molecule has 0 radical (unpaired) electrons. The highest BCUT2D eigenvalue weighted by Gasteiger charge is 2.48. The van der Waals surface area contributed by atoms with E-state index in [-0.39, 0.29) is 29.4 Å². The first-order valence-electron chi connectivity index (χ1n) is 10.5. The molecule has 1 unspecified atom stereocenters. The molecule has 8 heteroatoms. The second-order valence-electron chi connectivity index (χ2n) is 9.28. The number of nitrogens with zero attached hydrogens (tertiary/aromatic N) is 1. The lowest BCUT2D eigenvalue weighted by molar-refractivity contribution is -0.131. The normalized spacial score (nSPS) is 19.2. The predicted molar refractivity (Wildman–Crippen MR) is 122 cm³/mol. The molecule has 1 aliphatic rings. The van der Waals surface area contributed by atoms with Crippen LogP contribution in [0.25, 0.3) is 0 Å². The number of carbonyl (C=O) groups excluding carboxylic acids is 2. The number of carbonyl (C=O) groups is 2. The molecular weight excluding hydrogens is 428 g/mol. The summed E-state index contributed by atoms with van der Waals surface area (Å²) in [7, 11) is -3.26. The lowest BCUT2D eigenvalue weighted by Crippen LogP contribution is -2.41. The van der Waals surface area contributed by atoms with Crippen molar-refractivity contribution >= 4 is 21.8 Å². The fourth-order valence-electron chi connectivity index (χ4n) is 3.59. The average Bonchev–Trinajstić information content (AvgIpc) is 2.94. The Hall–Kier alpha value is -2.87. The first-order valence-corrected chi connectivity index (χ1v) is 12.4. The molecule has 1 fully saturated rings. The lowest BCUT2D eigenvalue weighted by Gasteiger charge is -2.24. The van der Waals surface area contributed by atoms with Gasteiger partial charge in [-0.2, -0.15) is 0 Å². The molecule has 1 saturated heterocycles. The molecule has 1 atom stereocenters. The summed E-state index contributed by atoms with van der Waals surface area (Å²) in [6, 6.07) is 13.5. The van der Waals surface area contributed by atoms with E-state index in [0.29, 0.717) is 12.2 Å². The highest BCUT2D eigenvalue weighted by molar-refractivity contribution is 7.90. The van der Waals surface area contributed by atoms with Gasteiger partial charge >= 0.3 is 6.03 Å². The zero-order chi connectivity index (χ0) is 23.7. The molecule has 0 aromatic heterocycles. The molecule has 32 heavy (non-hydrogen) atoms. The van der Waals surface area contributed by atoms with Gasteiger partial charge in [0.25, 0.3) is 5.91 Å². The minimum absolute atomic E-state index is 0.000476. The molecular formula is C24H30N2O5S. The van der Waals surface area contributed by atoms with Crippen molar-refractivity contribution in [1.29, 1.82) is 0 Å². The monoisotopic (exact) mass is 458 g/mol. The third-order valence-corrected chi connectivity index (χ3v) is 6.78. The van der Waals surface area contributed by atoms with E-state index in [4.69, 9.17) is 4.74 Å². The van der Waals surface area contributed by atoms with Gasteiger partial charge in [-0.3, -0.25) is 9.69 Å². The van der Waals surface area contributed by atoms with Gasteiger partial charge in [0.1, 0.15) is 11.3 Å². The number of benzene rings is 2. The summed E-state index contributed by atoms with van der Waals surface area (Å²) in [5, 5.41) is 2.82. The van der Waals surface area contributed by atoms with Crippen LogP contribution in [0.1, 0.15) is 45.2 Å². The first-order chi connectivity index (χ1) is 14.8. The molecule has 1 N–H and O–H groups in total. The van der Waals surface area contributed by atoms with Crippen LogP contribution in [0.3, 0.4) is 0 Å². The lowest BCUT2D eigenvalue weighted by atomic mass is 9.84. The van der Waals surface area contributed by atoms with Gasteiger partial charge in [0, 0.05) is 12.8 Å². The van der Waals surface area contributed by atoms with Crippen LogP contribution >= 0.6 is 0 Å². The molecule has 172 valence electrons. The van der Waals surface area contributed by atoms with Crippen molar-refractivity contribution in [3.8, 4) is 5.75 Å². The molecule has 3 amide bonds. The van der Waals surface area contributed by atoms with Crippen molar-refractivity contribution in [3.05, 3.63) is 59.7 Å². The van der Waals surface area contributed by atoms with Gasteiger partial charge in [0.15, 0.2) is 9.84 Å². The Morgan fingerprint density at radius 3 is 2.12 bits per heavy atom. The maximum Gasteiger partial charge on any atom is 0.325 e. The summed E-state index contributed by atoms with van der Waals surface area (Å²) in [6.45, 7) is 8.59. The van der Waals surface area contributed by atoms with Crippen LogP contribution in [0.15, 0.2) is 53.4 Å². The van der Waals surface area contributed by atoms with Gasteiger partial charge in [-0.15, -0.1) is 0 Å². The van der Waals surface area contributed by atoms with Gasteiger partial charge in [-0.05, 0) is 54.2 Å². The molecule has 0 bridgehead atoms. The number of ether oxygens (including phenoxy) is 1. The maximum absolute atomic E-state index is 13.1. The van der Waals surface area contributed by atoms with Crippen LogP contribution in [0, 0.1) is 0 Å². The predicted octanol–water partition coefficient (Wildman–Crippen LogP) is 3.62. The van der Waals surface area contributed by atoms with Crippen molar-refractivity contribution in [2.24, 2.45) is 0 Å². The Kier molecular flexibility index (Phi) is 6.38. The van der Waals surface area contributed by atoms with Gasteiger partial charge in [0.05, 0.1) is 11.5 Å². The third kappa shape index (κ3) is 4.96. The first kappa shape index (κ1) is 23.8. The maximum atomic E-state index is 13.1. The number of amides is 3. The minimum atomic E-state index is -3.26. The third-order valence-electron chi connectivity index (χ3n) is 5.65. The van der Waals surface area contributed by atoms with Crippen molar-refractivity contribution in [2.75, 3.05) is 19.4 Å². The van der Waals surface area contributed by atoms with Crippen LogP contribution in [0.5, 0.6) is 5.75 Å². The highest BCUT2D eigenvalue weighted by Crippen LogP contribution is 2.31. The molecule has 2 aromatic carbocycles. The topological polar surface area (TPSA) is 92.8 Å². The molecule has 2 aromatic rings. The van der Waals surface area contributed by atoms with Crippen LogP contribution in [0.4, 0.5) is 4.79 Å². The SMILES string of the molecule is CC(C)(C)c1ccc(C2(C)NC(=O)N(CCCOc3ccc(S(C)(=O)=O)cc3)C2=O)cc1. The van der Waals surface area contributed by atoms with Crippen molar-refractivity contribution < 1.29 is 22.7 Å². The van der Waals surface area contributed by atoms with Crippen molar-refractivity contribution in [1.82, 2.24) is 10.2 Å². The zero-order valence-electron chi connectivity index (χ0n) is 19.1. The molecule has 3 rings (SSSR count). The van der Waals surface area contributed by atoms with Crippen LogP contribution in [0.2, 0.25) is 0 Å². The summed E-state index contributed by atoms with van der Waals surface area (Å²) >= 11 is 0. The number of urea groups is 1. The van der Waals surface area contributed by atoms with E-state index in [0.717, 1.165) is 17.4 Å². The Balaban J connectivity index is 1.59. The number of hydrogen-bond donors (Lipinski definition) is 1. The molecule has 1 heterocycles.